The Hall–Kier alpha value is -1.59. The molecule has 0 spiro atoms. The van der Waals surface area contributed by atoms with Crippen LogP contribution >= 0.6 is 12.4 Å². The molecule has 1 aliphatic rings. The Labute approximate surface area is 137 Å². The van der Waals surface area contributed by atoms with E-state index in [1.54, 1.807) is 0 Å². The summed E-state index contributed by atoms with van der Waals surface area (Å²) in [4.78, 5) is 23.5. The van der Waals surface area contributed by atoms with E-state index >= 15 is 0 Å². The molecule has 0 aliphatic carbocycles. The summed E-state index contributed by atoms with van der Waals surface area (Å²) in [7, 11) is 0. The topological polar surface area (TPSA) is 70.2 Å². The van der Waals surface area contributed by atoms with Crippen LogP contribution in [0.5, 0.6) is 0 Å². The highest BCUT2D eigenvalue weighted by atomic mass is 35.5. The predicted molar refractivity (Wildman–Crippen MR) is 91.6 cm³/mol. The average Bonchev–Trinajstić information content (AvgIpc) is 2.95. The minimum Gasteiger partial charge on any atom is -0.326 e. The lowest BCUT2D eigenvalue weighted by Crippen LogP contribution is -2.19. The number of carbonyl (C=O) groups is 2. The molecule has 1 heterocycles. The first-order valence-corrected chi connectivity index (χ1v) is 7.49. The largest absolute Gasteiger partial charge is 0.326 e. The van der Waals surface area contributed by atoms with E-state index in [1.165, 1.54) is 0 Å². The first-order valence-electron chi connectivity index (χ1n) is 7.49. The number of nitrogens with one attached hydrogen (secondary N) is 3. The zero-order valence-electron chi connectivity index (χ0n) is 13.1. The molecule has 1 aromatic carbocycles. The summed E-state index contributed by atoms with van der Waals surface area (Å²) in [6.45, 7) is 5.66. The number of amides is 2. The second-order valence-electron chi connectivity index (χ2n) is 5.54. The lowest BCUT2D eigenvalue weighted by molar-refractivity contribution is -0.117. The first kappa shape index (κ1) is 18.5. The molecule has 2 amide bonds. The number of halogens is 1. The Kier molecular flexibility index (Phi) is 7.35. The van der Waals surface area contributed by atoms with E-state index in [-0.39, 0.29) is 24.2 Å². The van der Waals surface area contributed by atoms with Crippen LogP contribution in [0.1, 0.15) is 31.7 Å². The van der Waals surface area contributed by atoms with Crippen molar-refractivity contribution in [2.24, 2.45) is 5.92 Å². The number of aryl methyl sites for hydroxylation is 1. The van der Waals surface area contributed by atoms with Crippen molar-refractivity contribution in [1.29, 1.82) is 0 Å². The summed E-state index contributed by atoms with van der Waals surface area (Å²) in [6.07, 6.45) is 2.03. The van der Waals surface area contributed by atoms with Crippen LogP contribution in [0.3, 0.4) is 0 Å². The number of anilines is 2. The zero-order chi connectivity index (χ0) is 15.2. The maximum Gasteiger partial charge on any atom is 0.224 e. The van der Waals surface area contributed by atoms with Gasteiger partial charge >= 0.3 is 0 Å². The minimum atomic E-state index is -0.0341. The number of benzene rings is 1. The molecule has 122 valence electrons. The fourth-order valence-electron chi connectivity index (χ4n) is 2.44. The van der Waals surface area contributed by atoms with Gasteiger partial charge in [0.1, 0.15) is 0 Å². The molecule has 2 rings (SSSR count). The van der Waals surface area contributed by atoms with E-state index in [9.17, 15) is 9.59 Å². The van der Waals surface area contributed by atoms with Crippen molar-refractivity contribution in [2.45, 2.75) is 33.1 Å². The molecule has 1 atom stereocenters. The molecule has 3 N–H and O–H groups in total. The highest BCUT2D eigenvalue weighted by Gasteiger charge is 2.18. The van der Waals surface area contributed by atoms with E-state index in [2.05, 4.69) is 16.0 Å². The summed E-state index contributed by atoms with van der Waals surface area (Å²) in [6, 6.07) is 5.56. The number of hydrogen-bond donors (Lipinski definition) is 3. The fraction of sp³-hybridized carbons (Fsp3) is 0.500. The number of carbonyl (C=O) groups excluding carboxylic acids is 2. The van der Waals surface area contributed by atoms with Crippen molar-refractivity contribution in [2.75, 3.05) is 23.7 Å². The summed E-state index contributed by atoms with van der Waals surface area (Å²) in [5.41, 5.74) is 2.47. The summed E-state index contributed by atoms with van der Waals surface area (Å²) >= 11 is 0. The lowest BCUT2D eigenvalue weighted by atomic mass is 10.0. The van der Waals surface area contributed by atoms with Crippen LogP contribution in [0, 0.1) is 12.8 Å². The summed E-state index contributed by atoms with van der Waals surface area (Å²) < 4.78 is 0. The molecule has 0 bridgehead atoms. The van der Waals surface area contributed by atoms with Crippen molar-refractivity contribution < 1.29 is 9.59 Å². The van der Waals surface area contributed by atoms with Crippen LogP contribution in [0.2, 0.25) is 0 Å². The van der Waals surface area contributed by atoms with Gasteiger partial charge in [-0.25, -0.2) is 0 Å². The quantitative estimate of drug-likeness (QED) is 0.779. The van der Waals surface area contributed by atoms with Crippen molar-refractivity contribution in [1.82, 2.24) is 5.32 Å². The van der Waals surface area contributed by atoms with Gasteiger partial charge in [-0.3, -0.25) is 9.59 Å². The van der Waals surface area contributed by atoms with Gasteiger partial charge in [-0.1, -0.05) is 13.0 Å². The van der Waals surface area contributed by atoms with Crippen molar-refractivity contribution in [3.8, 4) is 0 Å². The van der Waals surface area contributed by atoms with Crippen LogP contribution in [-0.2, 0) is 9.59 Å². The second kappa shape index (κ2) is 8.76. The third kappa shape index (κ3) is 5.31. The average molecular weight is 326 g/mol. The number of hydrogen-bond acceptors (Lipinski definition) is 3. The van der Waals surface area contributed by atoms with Crippen LogP contribution in [-0.4, -0.2) is 24.9 Å². The van der Waals surface area contributed by atoms with E-state index in [0.29, 0.717) is 24.4 Å². The van der Waals surface area contributed by atoms with Crippen molar-refractivity contribution in [3.05, 3.63) is 23.8 Å². The Morgan fingerprint density at radius 3 is 2.68 bits per heavy atom. The van der Waals surface area contributed by atoms with Gasteiger partial charge in [0.2, 0.25) is 11.8 Å². The van der Waals surface area contributed by atoms with Gasteiger partial charge in [0, 0.05) is 24.2 Å². The summed E-state index contributed by atoms with van der Waals surface area (Å²) in [5, 5.41) is 9.02. The smallest absolute Gasteiger partial charge is 0.224 e. The Morgan fingerprint density at radius 2 is 2.05 bits per heavy atom. The van der Waals surface area contributed by atoms with Gasteiger partial charge in [0.25, 0.3) is 0 Å². The molecule has 1 unspecified atom stereocenters. The highest BCUT2D eigenvalue weighted by molar-refractivity contribution is 5.94. The van der Waals surface area contributed by atoms with Crippen molar-refractivity contribution >= 4 is 35.6 Å². The van der Waals surface area contributed by atoms with Crippen LogP contribution in [0.25, 0.3) is 0 Å². The lowest BCUT2D eigenvalue weighted by Gasteiger charge is -2.13. The molecule has 0 radical (unpaired) electrons. The maximum absolute atomic E-state index is 12.1. The standard InChI is InChI=1S/C16H23N3O2.ClH/c1-3-15(20)18-13-5-4-11(2)14(9-13)19-16(21)8-12-6-7-17-10-12;/h4-5,9,12,17H,3,6-8,10H2,1-2H3,(H,18,20)(H,19,21);1H. The van der Waals surface area contributed by atoms with Crippen LogP contribution in [0.4, 0.5) is 11.4 Å². The molecular formula is C16H24ClN3O2. The minimum absolute atomic E-state index is 0. The van der Waals surface area contributed by atoms with Gasteiger partial charge < -0.3 is 16.0 Å². The van der Waals surface area contributed by atoms with E-state index in [0.717, 1.165) is 30.8 Å². The molecule has 5 nitrogen and oxygen atoms in total. The zero-order valence-corrected chi connectivity index (χ0v) is 13.9. The fourth-order valence-corrected chi connectivity index (χ4v) is 2.44. The van der Waals surface area contributed by atoms with Gasteiger partial charge in [-0.2, -0.15) is 0 Å². The molecule has 1 saturated heterocycles. The molecule has 22 heavy (non-hydrogen) atoms. The van der Waals surface area contributed by atoms with E-state index in [1.807, 2.05) is 32.0 Å². The SMILES string of the molecule is CCC(=O)Nc1ccc(C)c(NC(=O)CC2CCNC2)c1.Cl. The predicted octanol–water partition coefficient (Wildman–Crippen LogP) is 2.70. The van der Waals surface area contributed by atoms with E-state index < -0.39 is 0 Å². The summed E-state index contributed by atoms with van der Waals surface area (Å²) in [5.74, 6) is 0.423. The van der Waals surface area contributed by atoms with E-state index in [4.69, 9.17) is 0 Å². The Bertz CT molecular complexity index is 528. The van der Waals surface area contributed by atoms with Gasteiger partial charge in [0.15, 0.2) is 0 Å². The third-order valence-corrected chi connectivity index (χ3v) is 3.75. The molecule has 0 aromatic heterocycles. The van der Waals surface area contributed by atoms with Gasteiger partial charge in [0.05, 0.1) is 0 Å². The second-order valence-corrected chi connectivity index (χ2v) is 5.54. The van der Waals surface area contributed by atoms with Crippen LogP contribution < -0.4 is 16.0 Å². The normalized spacial score (nSPS) is 16.7. The highest BCUT2D eigenvalue weighted by Crippen LogP contribution is 2.21. The molecule has 1 fully saturated rings. The Balaban J connectivity index is 0.00000242. The molecule has 6 heteroatoms. The van der Waals surface area contributed by atoms with Crippen LogP contribution in [0.15, 0.2) is 18.2 Å². The maximum atomic E-state index is 12.1. The first-order chi connectivity index (χ1) is 10.1. The van der Waals surface area contributed by atoms with Gasteiger partial charge in [-0.05, 0) is 50.0 Å². The monoisotopic (exact) mass is 325 g/mol. The third-order valence-electron chi connectivity index (χ3n) is 3.75. The molecule has 0 saturated carbocycles. The molecular weight excluding hydrogens is 302 g/mol. The Morgan fingerprint density at radius 1 is 1.27 bits per heavy atom. The van der Waals surface area contributed by atoms with Crippen molar-refractivity contribution in [3.63, 3.8) is 0 Å². The molecule has 1 aromatic rings. The number of rotatable bonds is 5. The molecule has 1 aliphatic heterocycles. The van der Waals surface area contributed by atoms with Gasteiger partial charge in [-0.15, -0.1) is 12.4 Å².